The molecule has 0 saturated carbocycles. The van der Waals surface area contributed by atoms with Crippen LogP contribution in [0.15, 0.2) is 0 Å². The number of esters is 2. The number of rotatable bonds is 32. The first-order valence-corrected chi connectivity index (χ1v) is 17.9. The van der Waals surface area contributed by atoms with E-state index in [9.17, 15) is 9.59 Å². The molecule has 0 aromatic carbocycles. The molecule has 0 amide bonds. The van der Waals surface area contributed by atoms with E-state index in [-0.39, 0.29) is 37.8 Å². The molecule has 4 heteroatoms. The van der Waals surface area contributed by atoms with E-state index in [4.69, 9.17) is 4.74 Å². The molecule has 0 aliphatic heterocycles. The summed E-state index contributed by atoms with van der Waals surface area (Å²) in [6.07, 6.45) is 40.1. The summed E-state index contributed by atoms with van der Waals surface area (Å²) in [5.41, 5.74) is 0. The molecule has 0 aromatic heterocycles. The van der Waals surface area contributed by atoms with Crippen molar-refractivity contribution in [2.45, 2.75) is 219 Å². The fourth-order valence-electron chi connectivity index (χ4n) is 5.51. The predicted octanol–water partition coefficient (Wildman–Crippen LogP) is 12.4. The topological polar surface area (TPSA) is 43.4 Å². The van der Waals surface area contributed by atoms with Gasteiger partial charge in [0.05, 0.1) is 0 Å². The zero-order valence-corrected chi connectivity index (χ0v) is 29.0. The van der Waals surface area contributed by atoms with E-state index < -0.39 is 0 Å². The standard InChI is InChI=1S/C36H70O3.Mg.2H/c1-3-5-7-9-11-13-15-17-19-21-23-25-27-29-31-33-35(37)39-36(38)34-32-30-28-26-24-22-20-18-16-14-12-10-8-6-4-2;;;/h3-34H2,1-2H3;;;/q;+2;2*-1. The molecule has 0 unspecified atom stereocenters. The normalized spacial score (nSPS) is 10.9. The Labute approximate surface area is 270 Å². The Morgan fingerprint density at radius 2 is 0.525 bits per heavy atom. The summed E-state index contributed by atoms with van der Waals surface area (Å²) in [5, 5.41) is 0. The molecule has 0 spiro atoms. The molecule has 0 aromatic rings. The van der Waals surface area contributed by atoms with Crippen molar-refractivity contribution >= 4 is 35.0 Å². The van der Waals surface area contributed by atoms with Gasteiger partial charge in [-0.25, -0.2) is 0 Å². The fourth-order valence-corrected chi connectivity index (χ4v) is 5.51. The maximum atomic E-state index is 11.9. The van der Waals surface area contributed by atoms with Crippen LogP contribution in [0.2, 0.25) is 0 Å². The number of hydrogen-bond donors (Lipinski definition) is 0. The SMILES string of the molecule is CCCCCCCCCCCCCCCCCC(=O)OC(=O)CCCCCCCCCCCCCCCCC.[H-].[H-].[Mg+2]. The number of hydrogen-bond acceptors (Lipinski definition) is 3. The molecule has 0 saturated heterocycles. The molecule has 0 aliphatic rings. The molecule has 0 rings (SSSR count). The van der Waals surface area contributed by atoms with Gasteiger partial charge in [-0.2, -0.15) is 0 Å². The molecule has 3 nitrogen and oxygen atoms in total. The molecule has 0 N–H and O–H groups in total. The van der Waals surface area contributed by atoms with Gasteiger partial charge in [-0.1, -0.05) is 194 Å². The van der Waals surface area contributed by atoms with Gasteiger partial charge in [-0.05, 0) is 12.8 Å². The van der Waals surface area contributed by atoms with Crippen LogP contribution in [-0.4, -0.2) is 35.0 Å². The van der Waals surface area contributed by atoms with E-state index in [0.717, 1.165) is 25.7 Å². The Balaban J connectivity index is -0.00000241. The smallest absolute Gasteiger partial charge is 1.00 e. The minimum Gasteiger partial charge on any atom is -1.00 e. The van der Waals surface area contributed by atoms with E-state index in [2.05, 4.69) is 13.8 Å². The number of carbonyl (C=O) groups is 2. The Hall–Kier alpha value is -0.0938. The Morgan fingerprint density at radius 1 is 0.350 bits per heavy atom. The molecule has 0 aliphatic carbocycles. The number of carbonyl (C=O) groups excluding carboxylic acids is 2. The third-order valence-corrected chi connectivity index (χ3v) is 8.20. The van der Waals surface area contributed by atoms with Gasteiger partial charge in [0.25, 0.3) is 0 Å². The van der Waals surface area contributed by atoms with Crippen molar-refractivity contribution in [3.8, 4) is 0 Å². The van der Waals surface area contributed by atoms with E-state index in [0.29, 0.717) is 12.8 Å². The summed E-state index contributed by atoms with van der Waals surface area (Å²) in [7, 11) is 0. The quantitative estimate of drug-likeness (QED) is 0.0346. The van der Waals surface area contributed by atoms with Crippen molar-refractivity contribution in [1.82, 2.24) is 0 Å². The molecule has 0 heterocycles. The van der Waals surface area contributed by atoms with Crippen molar-refractivity contribution in [1.29, 1.82) is 0 Å². The molecule has 0 fully saturated rings. The molecule has 40 heavy (non-hydrogen) atoms. The molecule has 0 radical (unpaired) electrons. The van der Waals surface area contributed by atoms with Crippen LogP contribution in [0.1, 0.15) is 222 Å². The van der Waals surface area contributed by atoms with Crippen LogP contribution in [0.3, 0.4) is 0 Å². The van der Waals surface area contributed by atoms with Crippen LogP contribution in [-0.2, 0) is 14.3 Å². The zero-order chi connectivity index (χ0) is 28.5. The first-order chi connectivity index (χ1) is 19.2. The van der Waals surface area contributed by atoms with Crippen molar-refractivity contribution < 1.29 is 17.2 Å². The van der Waals surface area contributed by atoms with Crippen LogP contribution in [0.4, 0.5) is 0 Å². The van der Waals surface area contributed by atoms with Crippen LogP contribution < -0.4 is 0 Å². The Bertz CT molecular complexity index is 476. The maximum Gasteiger partial charge on any atom is 2.00 e. The monoisotopic (exact) mass is 577 g/mol. The first-order valence-electron chi connectivity index (χ1n) is 17.9. The van der Waals surface area contributed by atoms with E-state index in [1.807, 2.05) is 0 Å². The number of ether oxygens (including phenoxy) is 1. The second-order valence-corrected chi connectivity index (χ2v) is 12.2. The summed E-state index contributed by atoms with van der Waals surface area (Å²) in [4.78, 5) is 23.8. The Kier molecular flexibility index (Phi) is 38.8. The van der Waals surface area contributed by atoms with Gasteiger partial charge in [-0.15, -0.1) is 0 Å². The third kappa shape index (κ3) is 35.9. The van der Waals surface area contributed by atoms with Crippen molar-refractivity contribution in [3.63, 3.8) is 0 Å². The van der Waals surface area contributed by atoms with Gasteiger partial charge in [-0.3, -0.25) is 9.59 Å². The van der Waals surface area contributed by atoms with E-state index in [1.165, 1.54) is 167 Å². The summed E-state index contributed by atoms with van der Waals surface area (Å²) in [6, 6.07) is 0. The average Bonchev–Trinajstić information content (AvgIpc) is 2.93. The molecule has 0 atom stereocenters. The first kappa shape index (κ1) is 42.0. The van der Waals surface area contributed by atoms with Crippen LogP contribution in [0.25, 0.3) is 0 Å². The van der Waals surface area contributed by atoms with Crippen molar-refractivity contribution in [2.75, 3.05) is 0 Å². The second-order valence-electron chi connectivity index (χ2n) is 12.2. The second kappa shape index (κ2) is 36.9. The minimum absolute atomic E-state index is 0. The largest absolute Gasteiger partial charge is 2.00 e. The Morgan fingerprint density at radius 3 is 0.725 bits per heavy atom. The van der Waals surface area contributed by atoms with Crippen molar-refractivity contribution in [2.24, 2.45) is 0 Å². The van der Waals surface area contributed by atoms with Gasteiger partial charge in [0.15, 0.2) is 0 Å². The average molecular weight is 577 g/mol. The molecular formula is C36H72MgO3. The molecule has 0 bridgehead atoms. The third-order valence-electron chi connectivity index (χ3n) is 8.20. The van der Waals surface area contributed by atoms with Gasteiger partial charge in [0.2, 0.25) is 0 Å². The summed E-state index contributed by atoms with van der Waals surface area (Å²) >= 11 is 0. The minimum atomic E-state index is -0.323. The molecular weight excluding hydrogens is 505 g/mol. The van der Waals surface area contributed by atoms with Crippen LogP contribution in [0, 0.1) is 0 Å². The van der Waals surface area contributed by atoms with Gasteiger partial charge in [0.1, 0.15) is 0 Å². The summed E-state index contributed by atoms with van der Waals surface area (Å²) in [5.74, 6) is -0.647. The molecule has 236 valence electrons. The summed E-state index contributed by atoms with van der Waals surface area (Å²) < 4.78 is 5.01. The predicted molar refractivity (Wildman–Crippen MR) is 178 cm³/mol. The van der Waals surface area contributed by atoms with Gasteiger partial charge in [0, 0.05) is 12.8 Å². The van der Waals surface area contributed by atoms with Gasteiger partial charge < -0.3 is 7.59 Å². The van der Waals surface area contributed by atoms with Crippen molar-refractivity contribution in [3.05, 3.63) is 0 Å². The summed E-state index contributed by atoms with van der Waals surface area (Å²) in [6.45, 7) is 4.55. The van der Waals surface area contributed by atoms with E-state index in [1.54, 1.807) is 0 Å². The van der Waals surface area contributed by atoms with E-state index >= 15 is 0 Å². The maximum absolute atomic E-state index is 11.9. The van der Waals surface area contributed by atoms with Gasteiger partial charge >= 0.3 is 35.0 Å². The zero-order valence-electron chi connectivity index (χ0n) is 29.6. The van der Waals surface area contributed by atoms with Crippen LogP contribution in [0.5, 0.6) is 0 Å². The van der Waals surface area contributed by atoms with Crippen LogP contribution >= 0.6 is 0 Å². The fraction of sp³-hybridized carbons (Fsp3) is 0.944. The number of unbranched alkanes of at least 4 members (excludes halogenated alkanes) is 28.